The van der Waals surface area contributed by atoms with Gasteiger partial charge < -0.3 is 19.9 Å². The third-order valence-electron chi connectivity index (χ3n) is 4.48. The van der Waals surface area contributed by atoms with E-state index in [9.17, 15) is 9.59 Å². The molecule has 1 aromatic rings. The topological polar surface area (TPSA) is 61.9 Å². The minimum absolute atomic E-state index is 0.0267. The van der Waals surface area contributed by atoms with Gasteiger partial charge in [0, 0.05) is 52.7 Å². The fourth-order valence-corrected chi connectivity index (χ4v) is 3.19. The molecule has 0 radical (unpaired) electrons. The number of ether oxygens (including phenoxy) is 1. The molecule has 6 heteroatoms. The van der Waals surface area contributed by atoms with Gasteiger partial charge in [-0.05, 0) is 12.0 Å². The molecule has 25 heavy (non-hydrogen) atoms. The lowest BCUT2D eigenvalue weighted by Gasteiger charge is -2.24. The van der Waals surface area contributed by atoms with Crippen LogP contribution in [0.3, 0.4) is 0 Å². The van der Waals surface area contributed by atoms with E-state index in [1.807, 2.05) is 11.0 Å². The maximum absolute atomic E-state index is 12.3. The molecule has 1 atom stereocenters. The van der Waals surface area contributed by atoms with Crippen LogP contribution in [0.5, 0.6) is 0 Å². The Kier molecular flexibility index (Phi) is 7.88. The number of methoxy groups -OCH3 is 1. The molecule has 1 heterocycles. The lowest BCUT2D eigenvalue weighted by atomic mass is 10.1. The van der Waals surface area contributed by atoms with E-state index >= 15 is 0 Å². The fraction of sp³-hybridized carbons (Fsp3) is 0.579. The summed E-state index contributed by atoms with van der Waals surface area (Å²) < 4.78 is 5.34. The van der Waals surface area contributed by atoms with Crippen molar-refractivity contribution < 1.29 is 14.3 Å². The summed E-state index contributed by atoms with van der Waals surface area (Å²) in [7, 11) is 1.70. The molecule has 1 N–H and O–H groups in total. The van der Waals surface area contributed by atoms with Crippen molar-refractivity contribution in [2.45, 2.75) is 13.3 Å². The molecule has 0 unspecified atom stereocenters. The SMILES string of the molecule is COC[C@H]1CN(CCc2ccccc2)CCN(C(=O)CNC(C)=O)C1. The van der Waals surface area contributed by atoms with Crippen molar-refractivity contribution in [2.24, 2.45) is 5.92 Å². The smallest absolute Gasteiger partial charge is 0.242 e. The van der Waals surface area contributed by atoms with Gasteiger partial charge in [0.1, 0.15) is 0 Å². The van der Waals surface area contributed by atoms with Crippen molar-refractivity contribution in [2.75, 3.05) is 53.0 Å². The second-order valence-corrected chi connectivity index (χ2v) is 6.61. The normalized spacial score (nSPS) is 18.6. The summed E-state index contributed by atoms with van der Waals surface area (Å²) in [5, 5.41) is 2.59. The van der Waals surface area contributed by atoms with Crippen LogP contribution in [0.15, 0.2) is 30.3 Å². The molecular weight excluding hydrogens is 318 g/mol. The van der Waals surface area contributed by atoms with E-state index in [4.69, 9.17) is 4.74 Å². The average Bonchev–Trinajstić information content (AvgIpc) is 2.81. The van der Waals surface area contributed by atoms with Crippen LogP contribution in [0.2, 0.25) is 0 Å². The van der Waals surface area contributed by atoms with Crippen molar-refractivity contribution in [3.8, 4) is 0 Å². The van der Waals surface area contributed by atoms with Crippen molar-refractivity contribution in [1.82, 2.24) is 15.1 Å². The van der Waals surface area contributed by atoms with Gasteiger partial charge in [0.2, 0.25) is 11.8 Å². The first-order chi connectivity index (χ1) is 12.1. The van der Waals surface area contributed by atoms with Crippen LogP contribution in [0.4, 0.5) is 0 Å². The first kappa shape index (κ1) is 19.4. The van der Waals surface area contributed by atoms with Crippen LogP contribution in [0, 0.1) is 5.92 Å². The van der Waals surface area contributed by atoms with Gasteiger partial charge in [0.05, 0.1) is 13.2 Å². The van der Waals surface area contributed by atoms with E-state index < -0.39 is 0 Å². The van der Waals surface area contributed by atoms with Crippen LogP contribution < -0.4 is 5.32 Å². The van der Waals surface area contributed by atoms with E-state index in [0.717, 1.165) is 26.1 Å². The highest BCUT2D eigenvalue weighted by Gasteiger charge is 2.25. The molecule has 1 aliphatic heterocycles. The number of rotatable bonds is 7. The van der Waals surface area contributed by atoms with Crippen LogP contribution in [0.25, 0.3) is 0 Å². The van der Waals surface area contributed by atoms with E-state index in [1.165, 1.54) is 12.5 Å². The van der Waals surface area contributed by atoms with Crippen LogP contribution in [0.1, 0.15) is 12.5 Å². The maximum Gasteiger partial charge on any atom is 0.242 e. The molecule has 0 bridgehead atoms. The summed E-state index contributed by atoms with van der Waals surface area (Å²) in [4.78, 5) is 27.6. The molecule has 2 amide bonds. The molecule has 2 rings (SSSR count). The second kappa shape index (κ2) is 10.2. The van der Waals surface area contributed by atoms with Gasteiger partial charge in [0.15, 0.2) is 0 Å². The highest BCUT2D eigenvalue weighted by molar-refractivity contribution is 5.83. The number of hydrogen-bond acceptors (Lipinski definition) is 4. The summed E-state index contributed by atoms with van der Waals surface area (Å²) in [6, 6.07) is 10.5. The minimum atomic E-state index is -0.180. The van der Waals surface area contributed by atoms with E-state index in [-0.39, 0.29) is 24.3 Å². The van der Waals surface area contributed by atoms with Gasteiger partial charge >= 0.3 is 0 Å². The zero-order valence-electron chi connectivity index (χ0n) is 15.2. The zero-order chi connectivity index (χ0) is 18.1. The quantitative estimate of drug-likeness (QED) is 0.792. The predicted octanol–water partition coefficient (Wildman–Crippen LogP) is 0.772. The van der Waals surface area contributed by atoms with E-state index in [0.29, 0.717) is 19.7 Å². The molecule has 1 fully saturated rings. The average molecular weight is 347 g/mol. The maximum atomic E-state index is 12.3. The number of nitrogens with one attached hydrogen (secondary N) is 1. The molecule has 0 aromatic heterocycles. The monoisotopic (exact) mass is 347 g/mol. The highest BCUT2D eigenvalue weighted by atomic mass is 16.5. The number of carbonyl (C=O) groups excluding carboxylic acids is 2. The molecular formula is C19H29N3O3. The molecule has 6 nitrogen and oxygen atoms in total. The molecule has 1 aliphatic rings. The minimum Gasteiger partial charge on any atom is -0.384 e. The molecule has 0 spiro atoms. The van der Waals surface area contributed by atoms with Gasteiger partial charge in [-0.15, -0.1) is 0 Å². The summed E-state index contributed by atoms with van der Waals surface area (Å²) in [5.74, 6) is 0.0758. The van der Waals surface area contributed by atoms with Crippen LogP contribution in [-0.4, -0.2) is 74.6 Å². The Labute approximate surface area is 150 Å². The van der Waals surface area contributed by atoms with Gasteiger partial charge in [-0.1, -0.05) is 30.3 Å². The molecule has 1 aromatic carbocycles. The third-order valence-corrected chi connectivity index (χ3v) is 4.48. The van der Waals surface area contributed by atoms with Gasteiger partial charge in [-0.2, -0.15) is 0 Å². The number of amides is 2. The Morgan fingerprint density at radius 1 is 1.20 bits per heavy atom. The third kappa shape index (κ3) is 6.84. The summed E-state index contributed by atoms with van der Waals surface area (Å²) in [6.45, 7) is 6.22. The largest absolute Gasteiger partial charge is 0.384 e. The second-order valence-electron chi connectivity index (χ2n) is 6.61. The Hall–Kier alpha value is -1.92. The van der Waals surface area contributed by atoms with Crippen molar-refractivity contribution in [1.29, 1.82) is 0 Å². The summed E-state index contributed by atoms with van der Waals surface area (Å²) in [5.41, 5.74) is 1.33. The lowest BCUT2D eigenvalue weighted by molar-refractivity contribution is -0.132. The summed E-state index contributed by atoms with van der Waals surface area (Å²) >= 11 is 0. The first-order valence-electron chi connectivity index (χ1n) is 8.86. The molecule has 0 saturated carbocycles. The Morgan fingerprint density at radius 2 is 1.96 bits per heavy atom. The van der Waals surface area contributed by atoms with Crippen LogP contribution >= 0.6 is 0 Å². The number of nitrogens with zero attached hydrogens (tertiary/aromatic N) is 2. The number of benzene rings is 1. The van der Waals surface area contributed by atoms with Gasteiger partial charge in [-0.25, -0.2) is 0 Å². The number of carbonyl (C=O) groups is 2. The van der Waals surface area contributed by atoms with Gasteiger partial charge in [0.25, 0.3) is 0 Å². The Bertz CT molecular complexity index is 550. The molecule has 138 valence electrons. The highest BCUT2D eigenvalue weighted by Crippen LogP contribution is 2.12. The van der Waals surface area contributed by atoms with E-state index in [2.05, 4.69) is 34.5 Å². The van der Waals surface area contributed by atoms with Gasteiger partial charge in [-0.3, -0.25) is 9.59 Å². The molecule has 1 saturated heterocycles. The van der Waals surface area contributed by atoms with Crippen molar-refractivity contribution in [3.05, 3.63) is 35.9 Å². The van der Waals surface area contributed by atoms with Crippen molar-refractivity contribution >= 4 is 11.8 Å². The summed E-state index contributed by atoms with van der Waals surface area (Å²) in [6.07, 6.45) is 1.00. The van der Waals surface area contributed by atoms with Crippen molar-refractivity contribution in [3.63, 3.8) is 0 Å². The Morgan fingerprint density at radius 3 is 2.64 bits per heavy atom. The zero-order valence-corrected chi connectivity index (χ0v) is 15.2. The predicted molar refractivity (Wildman–Crippen MR) is 97.2 cm³/mol. The lowest BCUT2D eigenvalue weighted by Crippen LogP contribution is -2.42. The standard InChI is InChI=1S/C19H29N3O3/c1-16(23)20-12-19(24)22-11-10-21(13-18(14-22)15-25-2)9-8-17-6-4-3-5-7-17/h3-7,18H,8-15H2,1-2H3,(H,20,23)/t18-/m0/s1. The number of hydrogen-bond donors (Lipinski definition) is 1. The van der Waals surface area contributed by atoms with Crippen LogP contribution in [-0.2, 0) is 20.7 Å². The molecule has 0 aliphatic carbocycles. The first-order valence-corrected chi connectivity index (χ1v) is 8.86. The van der Waals surface area contributed by atoms with E-state index in [1.54, 1.807) is 7.11 Å². The fourth-order valence-electron chi connectivity index (χ4n) is 3.19. The Balaban J connectivity index is 1.91.